The molecule has 11 nitrogen and oxygen atoms in total. The summed E-state index contributed by atoms with van der Waals surface area (Å²) in [6.45, 7) is 9.67. The number of hydrogen-bond acceptors (Lipinski definition) is 10. The summed E-state index contributed by atoms with van der Waals surface area (Å²) in [6, 6.07) is 34.9. The molecule has 5 aromatic rings. The van der Waals surface area contributed by atoms with E-state index in [0.29, 0.717) is 30.4 Å². The number of rotatable bonds is 20. The van der Waals surface area contributed by atoms with Gasteiger partial charge in [0.05, 0.1) is 15.5 Å². The monoisotopic (exact) mass is 889 g/mol. The Morgan fingerprint density at radius 3 is 2.07 bits per heavy atom. The number of anilines is 2. The lowest BCUT2D eigenvalue weighted by atomic mass is 10.00. The Kier molecular flexibility index (Phi) is 16.2. The van der Waals surface area contributed by atoms with Crippen molar-refractivity contribution in [3.05, 3.63) is 137 Å². The summed E-state index contributed by atoms with van der Waals surface area (Å²) in [7, 11) is -8.48. The fourth-order valence-electron chi connectivity index (χ4n) is 6.75. The van der Waals surface area contributed by atoms with Crippen LogP contribution in [-0.4, -0.2) is 76.8 Å². The fraction of sp³-hybridized carbons (Fsp3) is 0.289. The van der Waals surface area contributed by atoms with E-state index in [1.807, 2.05) is 94.4 Å². The maximum absolute atomic E-state index is 13.5. The molecule has 15 heteroatoms. The highest BCUT2D eigenvalue weighted by Gasteiger charge is 2.27. The molecule has 0 saturated heterocycles. The van der Waals surface area contributed by atoms with Gasteiger partial charge in [0.2, 0.25) is 5.91 Å². The lowest BCUT2D eigenvalue weighted by Crippen LogP contribution is -2.44. The van der Waals surface area contributed by atoms with Crippen LogP contribution in [0.15, 0.2) is 136 Å². The van der Waals surface area contributed by atoms with Gasteiger partial charge in [0, 0.05) is 77.4 Å². The third-order valence-electron chi connectivity index (χ3n) is 9.53. The molecule has 0 unspecified atom stereocenters. The number of nitrogens with one attached hydrogen (secondary N) is 4. The number of halogens is 1. The van der Waals surface area contributed by atoms with Gasteiger partial charge in [-0.1, -0.05) is 66.2 Å². The zero-order valence-corrected chi connectivity index (χ0v) is 37.5. The second-order valence-electron chi connectivity index (χ2n) is 14.9. The zero-order valence-electron chi connectivity index (χ0n) is 34.3. The highest BCUT2D eigenvalue weighted by atomic mass is 35.5. The third kappa shape index (κ3) is 13.1. The molecule has 0 saturated carbocycles. The molecule has 0 aliphatic rings. The molecule has 0 aliphatic heterocycles. The molecule has 318 valence electrons. The lowest BCUT2D eigenvalue weighted by Gasteiger charge is -2.32. The van der Waals surface area contributed by atoms with E-state index in [0.717, 1.165) is 39.6 Å². The van der Waals surface area contributed by atoms with Crippen molar-refractivity contribution in [2.24, 2.45) is 0 Å². The minimum atomic E-state index is -4.49. The van der Waals surface area contributed by atoms with Crippen LogP contribution in [0.4, 0.5) is 11.4 Å². The zero-order chi connectivity index (χ0) is 43.5. The van der Waals surface area contributed by atoms with E-state index in [2.05, 4.69) is 32.8 Å². The van der Waals surface area contributed by atoms with Gasteiger partial charge in [-0.05, 0) is 111 Å². The van der Waals surface area contributed by atoms with Crippen molar-refractivity contribution in [1.29, 1.82) is 0 Å². The molecule has 4 N–H and O–H groups in total. The maximum Gasteiger partial charge on any atom is 0.264 e. The Balaban J connectivity index is 1.21. The Labute approximate surface area is 363 Å². The van der Waals surface area contributed by atoms with Gasteiger partial charge in [-0.3, -0.25) is 9.59 Å². The molecule has 60 heavy (non-hydrogen) atoms. The molecular weight excluding hydrogens is 838 g/mol. The maximum atomic E-state index is 13.5. The molecule has 1 atom stereocenters. The molecular formula is C45H52ClN5O6S3. The molecule has 0 aromatic heterocycles. The summed E-state index contributed by atoms with van der Waals surface area (Å²) in [5, 5.41) is 10.7. The van der Waals surface area contributed by atoms with Gasteiger partial charge in [-0.25, -0.2) is 21.6 Å². The molecule has 0 heterocycles. The highest BCUT2D eigenvalue weighted by molar-refractivity contribution is 7.99. The minimum absolute atomic E-state index is 0.0457. The van der Waals surface area contributed by atoms with E-state index < -0.39 is 36.7 Å². The normalized spacial score (nSPS) is 12.3. The van der Waals surface area contributed by atoms with Crippen LogP contribution in [0.25, 0.3) is 11.1 Å². The molecule has 0 radical (unpaired) electrons. The summed E-state index contributed by atoms with van der Waals surface area (Å²) < 4.78 is 55.3. The smallest absolute Gasteiger partial charge is 0.264 e. The molecule has 0 bridgehead atoms. The quantitative estimate of drug-likeness (QED) is 0.0443. The van der Waals surface area contributed by atoms with Crippen LogP contribution >= 0.6 is 23.4 Å². The number of sulfonamides is 1. The van der Waals surface area contributed by atoms with Crippen LogP contribution in [0.3, 0.4) is 0 Å². The van der Waals surface area contributed by atoms with E-state index >= 15 is 0 Å². The number of sulfone groups is 1. The molecule has 0 aliphatic carbocycles. The van der Waals surface area contributed by atoms with Crippen molar-refractivity contribution in [3.8, 4) is 11.1 Å². The topological polar surface area (TPSA) is 154 Å². The van der Waals surface area contributed by atoms with Crippen molar-refractivity contribution in [3.63, 3.8) is 0 Å². The van der Waals surface area contributed by atoms with Crippen molar-refractivity contribution < 1.29 is 26.4 Å². The van der Waals surface area contributed by atoms with Gasteiger partial charge >= 0.3 is 0 Å². The third-order valence-corrected chi connectivity index (χ3v) is 13.4. The molecule has 0 fully saturated rings. The largest absolute Gasteiger partial charge is 0.384 e. The van der Waals surface area contributed by atoms with Gasteiger partial charge in [-0.15, -0.1) is 11.8 Å². The van der Waals surface area contributed by atoms with Crippen molar-refractivity contribution in [1.82, 2.24) is 14.9 Å². The van der Waals surface area contributed by atoms with Crippen molar-refractivity contribution in [2.45, 2.75) is 73.5 Å². The second kappa shape index (κ2) is 21.1. The summed E-state index contributed by atoms with van der Waals surface area (Å²) in [5.41, 5.74) is 4.34. The number of amides is 2. The summed E-state index contributed by atoms with van der Waals surface area (Å²) in [5.74, 6) is -0.550. The second-order valence-corrected chi connectivity index (χ2v) is 20.1. The molecule has 2 amide bonds. The van der Waals surface area contributed by atoms with Gasteiger partial charge in [0.25, 0.3) is 15.9 Å². The van der Waals surface area contributed by atoms with E-state index in [4.69, 9.17) is 11.6 Å². The first-order valence-corrected chi connectivity index (χ1v) is 24.3. The molecule has 0 spiro atoms. The number of nitrogens with zero attached hydrogens (tertiary/aromatic N) is 1. The standard InChI is InChI=1S/C45H52ClN5O6S3/c1-31(2)51(32(3)4)44(52)27-38(30-58-39-12-7-6-8-13-39)49-42-24-23-40(28-43(42)59(5,54)55)60(56,57)50-45(53)34-17-21-37(22-18-34)48-26-25-47-29-35-11-9-10-14-41(35)33-15-19-36(46)20-16-33/h6-24,28,31-32,38,47-49H,25-27,29-30H2,1-5H3,(H,50,53)/t38-/m1/s1. The van der Waals surface area contributed by atoms with Crippen LogP contribution < -0.4 is 20.7 Å². The summed E-state index contributed by atoms with van der Waals surface area (Å²) >= 11 is 7.58. The first-order chi connectivity index (χ1) is 28.5. The molecule has 5 rings (SSSR count). The van der Waals surface area contributed by atoms with E-state index in [1.165, 1.54) is 36.0 Å². The van der Waals surface area contributed by atoms with E-state index in [9.17, 15) is 26.4 Å². The van der Waals surface area contributed by atoms with Crippen molar-refractivity contribution in [2.75, 3.05) is 35.7 Å². The fourth-order valence-corrected chi connectivity index (χ4v) is 9.76. The first-order valence-electron chi connectivity index (χ1n) is 19.6. The molecule has 5 aromatic carbocycles. The number of carbonyl (C=O) groups is 2. The Morgan fingerprint density at radius 2 is 1.42 bits per heavy atom. The van der Waals surface area contributed by atoms with Gasteiger partial charge in [0.15, 0.2) is 9.84 Å². The van der Waals surface area contributed by atoms with Crippen LogP contribution in [-0.2, 0) is 31.2 Å². The van der Waals surface area contributed by atoms with Gasteiger partial charge < -0.3 is 20.9 Å². The predicted molar refractivity (Wildman–Crippen MR) is 244 cm³/mol. The Hall–Kier alpha value is -4.86. The summed E-state index contributed by atoms with van der Waals surface area (Å²) in [6.07, 6.45) is 1.05. The van der Waals surface area contributed by atoms with Crippen LogP contribution in [0.5, 0.6) is 0 Å². The number of thioether (sulfide) groups is 1. The van der Waals surface area contributed by atoms with Gasteiger partial charge in [0.1, 0.15) is 0 Å². The van der Waals surface area contributed by atoms with Crippen molar-refractivity contribution >= 4 is 66.4 Å². The highest BCUT2D eigenvalue weighted by Crippen LogP contribution is 2.29. The van der Waals surface area contributed by atoms with Crippen LogP contribution in [0.1, 0.15) is 50.0 Å². The Morgan fingerprint density at radius 1 is 0.767 bits per heavy atom. The number of hydrogen-bond donors (Lipinski definition) is 4. The number of benzene rings is 5. The first kappa shape index (κ1) is 46.2. The SMILES string of the molecule is CC(C)N(C(=O)C[C@H](CSc1ccccc1)Nc1ccc(S(=O)(=O)NC(=O)c2ccc(NCCNCc3ccccc3-c3ccc(Cl)cc3)cc2)cc1S(C)(=O)=O)C(C)C. The van der Waals surface area contributed by atoms with E-state index in [-0.39, 0.29) is 40.6 Å². The Bertz CT molecular complexity index is 2440. The predicted octanol–water partition coefficient (Wildman–Crippen LogP) is 8.34. The number of carbonyl (C=O) groups excluding carboxylic acids is 2. The summed E-state index contributed by atoms with van der Waals surface area (Å²) in [4.78, 5) is 28.8. The average Bonchev–Trinajstić information content (AvgIpc) is 3.20. The van der Waals surface area contributed by atoms with Crippen LogP contribution in [0, 0.1) is 0 Å². The average molecular weight is 891 g/mol. The van der Waals surface area contributed by atoms with E-state index in [1.54, 1.807) is 17.0 Å². The van der Waals surface area contributed by atoms with Crippen LogP contribution in [0.2, 0.25) is 5.02 Å². The lowest BCUT2D eigenvalue weighted by molar-refractivity contribution is -0.134. The van der Waals surface area contributed by atoms with Gasteiger partial charge in [-0.2, -0.15) is 0 Å². The minimum Gasteiger partial charge on any atom is -0.384 e.